The zero-order chi connectivity index (χ0) is 45.5. The van der Waals surface area contributed by atoms with Crippen LogP contribution in [-0.2, 0) is 0 Å². The molecular formula is C58H65N3P2. The van der Waals surface area contributed by atoms with Crippen molar-refractivity contribution < 1.29 is 0 Å². The van der Waals surface area contributed by atoms with Gasteiger partial charge in [0.1, 0.15) is 0 Å². The molecule has 0 saturated carbocycles. The van der Waals surface area contributed by atoms with Crippen molar-refractivity contribution in [3.63, 3.8) is 0 Å². The molecule has 8 rings (SSSR count). The molecule has 3 nitrogen and oxygen atoms in total. The van der Waals surface area contributed by atoms with Crippen LogP contribution in [-0.4, -0.2) is 0 Å². The van der Waals surface area contributed by atoms with E-state index in [2.05, 4.69) is 274 Å². The third-order valence-electron chi connectivity index (χ3n) is 10.8. The van der Waals surface area contributed by atoms with E-state index in [-0.39, 0.29) is 0 Å². The minimum atomic E-state index is 1.09. The van der Waals surface area contributed by atoms with Gasteiger partial charge in [-0.3, -0.25) is 0 Å². The molecule has 2 unspecified atom stereocenters. The van der Waals surface area contributed by atoms with Gasteiger partial charge in [0, 0.05) is 22.7 Å². The number of aryl methyl sites for hydroxylation is 10. The van der Waals surface area contributed by atoms with Crippen LogP contribution in [0.5, 0.6) is 0 Å². The third kappa shape index (κ3) is 15.7. The first-order chi connectivity index (χ1) is 30.1. The molecule has 3 N–H and O–H groups in total. The molecule has 63 heavy (non-hydrogen) atoms. The average molecular weight is 866 g/mol. The lowest BCUT2D eigenvalue weighted by Crippen LogP contribution is -1.99. The summed E-state index contributed by atoms with van der Waals surface area (Å²) in [5.74, 6) is 0. The summed E-state index contributed by atoms with van der Waals surface area (Å²) < 4.78 is 0. The van der Waals surface area contributed by atoms with Crippen LogP contribution >= 0.6 is 18.5 Å². The Bertz CT molecular complexity index is 2510. The van der Waals surface area contributed by atoms with Crippen LogP contribution in [0.25, 0.3) is 11.1 Å². The van der Waals surface area contributed by atoms with Gasteiger partial charge < -0.3 is 16.0 Å². The average Bonchev–Trinajstić information content (AvgIpc) is 3.26. The Morgan fingerprint density at radius 1 is 0.254 bits per heavy atom. The van der Waals surface area contributed by atoms with Gasteiger partial charge in [0.25, 0.3) is 0 Å². The number of rotatable bonds is 7. The lowest BCUT2D eigenvalue weighted by atomic mass is 10.0. The number of hydrogen-bond donors (Lipinski definition) is 3. The quantitative estimate of drug-likeness (QED) is 0.140. The van der Waals surface area contributed by atoms with E-state index in [0.717, 1.165) is 28.4 Å². The van der Waals surface area contributed by atoms with Crippen molar-refractivity contribution >= 4 is 63.2 Å². The largest absolute Gasteiger partial charge is 0.355 e. The first-order valence-electron chi connectivity index (χ1n) is 21.6. The van der Waals surface area contributed by atoms with Gasteiger partial charge in [-0.15, -0.1) is 18.5 Å². The third-order valence-corrected chi connectivity index (χ3v) is 11.6. The maximum absolute atomic E-state index is 3.54. The molecule has 0 aliphatic carbocycles. The predicted molar refractivity (Wildman–Crippen MR) is 286 cm³/mol. The zero-order valence-electron chi connectivity index (χ0n) is 38.8. The number of anilines is 6. The Morgan fingerprint density at radius 2 is 0.492 bits per heavy atom. The van der Waals surface area contributed by atoms with Crippen molar-refractivity contribution in [2.45, 2.75) is 69.2 Å². The second-order valence-electron chi connectivity index (χ2n) is 16.6. The Labute approximate surface area is 383 Å². The highest BCUT2D eigenvalue weighted by Gasteiger charge is 2.08. The molecule has 0 spiro atoms. The van der Waals surface area contributed by atoms with Gasteiger partial charge in [-0.1, -0.05) is 143 Å². The Hall–Kier alpha value is -5.98. The van der Waals surface area contributed by atoms with Gasteiger partial charge in [0.15, 0.2) is 0 Å². The van der Waals surface area contributed by atoms with E-state index in [1.54, 1.807) is 0 Å². The van der Waals surface area contributed by atoms with Gasteiger partial charge in [0.05, 0.1) is 11.4 Å². The van der Waals surface area contributed by atoms with Crippen LogP contribution in [0.2, 0.25) is 0 Å². The molecular weight excluding hydrogens is 801 g/mol. The fourth-order valence-electron chi connectivity index (χ4n) is 6.48. The number of hydrogen-bond acceptors (Lipinski definition) is 3. The summed E-state index contributed by atoms with van der Waals surface area (Å²) in [6, 6.07) is 59.7. The molecule has 322 valence electrons. The number of nitrogens with one attached hydrogen (secondary N) is 3. The zero-order valence-corrected chi connectivity index (χ0v) is 41.1. The molecule has 8 aromatic rings. The van der Waals surface area contributed by atoms with Crippen LogP contribution in [0.15, 0.2) is 170 Å². The fraction of sp³-hybridized carbons (Fsp3) is 0.172. The summed E-state index contributed by atoms with van der Waals surface area (Å²) in [6.07, 6.45) is 0. The molecule has 0 radical (unpaired) electrons. The second kappa shape index (κ2) is 23.5. The molecule has 0 aromatic heterocycles. The van der Waals surface area contributed by atoms with Crippen molar-refractivity contribution in [3.8, 4) is 11.1 Å². The Balaban J connectivity index is 0.000000169. The summed E-state index contributed by atoms with van der Waals surface area (Å²) in [5, 5.41) is 13.0. The van der Waals surface area contributed by atoms with Crippen molar-refractivity contribution in [2.75, 3.05) is 16.0 Å². The van der Waals surface area contributed by atoms with E-state index >= 15 is 0 Å². The monoisotopic (exact) mass is 865 g/mol. The van der Waals surface area contributed by atoms with Crippen LogP contribution in [0.4, 0.5) is 34.1 Å². The van der Waals surface area contributed by atoms with Gasteiger partial charge in [0.2, 0.25) is 0 Å². The van der Waals surface area contributed by atoms with E-state index in [0.29, 0.717) is 0 Å². The maximum Gasteiger partial charge on any atom is 0.0626 e. The minimum Gasteiger partial charge on any atom is -0.355 e. The smallest absolute Gasteiger partial charge is 0.0626 e. The van der Waals surface area contributed by atoms with E-state index in [1.807, 2.05) is 0 Å². The summed E-state index contributed by atoms with van der Waals surface area (Å²) in [4.78, 5) is 0. The first kappa shape index (κ1) is 48.1. The summed E-state index contributed by atoms with van der Waals surface area (Å²) in [6.45, 7) is 21.2. The second-order valence-corrected chi connectivity index (χ2v) is 17.9. The lowest BCUT2D eigenvalue weighted by molar-refractivity contribution is 1.29. The van der Waals surface area contributed by atoms with Gasteiger partial charge in [-0.05, 0) is 173 Å². The van der Waals surface area contributed by atoms with Crippen LogP contribution in [0.1, 0.15) is 55.6 Å². The van der Waals surface area contributed by atoms with E-state index in [4.69, 9.17) is 0 Å². The van der Waals surface area contributed by atoms with E-state index in [9.17, 15) is 0 Å². The SMILES string of the molecule is Cc1ccc(C)cc1.Cc1ccc(Nc2cc(C)c(C)cc2C)cc1.Cc1ccc(Nc2cc(C)c(C)cc2Nc2ccc(C)cc2)cc1.Pc1ccc(-c2ccc(P)cc2)cc1. The van der Waals surface area contributed by atoms with Gasteiger partial charge >= 0.3 is 0 Å². The van der Waals surface area contributed by atoms with Crippen molar-refractivity contribution in [1.29, 1.82) is 0 Å². The highest BCUT2D eigenvalue weighted by Crippen LogP contribution is 2.32. The normalized spacial score (nSPS) is 10.2. The van der Waals surface area contributed by atoms with Crippen LogP contribution in [0.3, 0.4) is 0 Å². The summed E-state index contributed by atoms with van der Waals surface area (Å²) >= 11 is 0. The van der Waals surface area contributed by atoms with Crippen molar-refractivity contribution in [2.24, 2.45) is 0 Å². The maximum atomic E-state index is 3.54. The predicted octanol–water partition coefficient (Wildman–Crippen LogP) is 15.7. The van der Waals surface area contributed by atoms with Gasteiger partial charge in [-0.25, -0.2) is 0 Å². The van der Waals surface area contributed by atoms with Crippen molar-refractivity contribution in [3.05, 3.63) is 225 Å². The molecule has 0 aliphatic rings. The molecule has 0 saturated heterocycles. The minimum absolute atomic E-state index is 1.09. The van der Waals surface area contributed by atoms with E-state index in [1.165, 1.54) is 83.1 Å². The van der Waals surface area contributed by atoms with Crippen LogP contribution < -0.4 is 26.6 Å². The topological polar surface area (TPSA) is 36.1 Å². The lowest BCUT2D eigenvalue weighted by Gasteiger charge is -2.17. The molecule has 0 aliphatic heterocycles. The summed E-state index contributed by atoms with van der Waals surface area (Å²) in [5.41, 5.74) is 22.2. The Morgan fingerprint density at radius 3 is 0.794 bits per heavy atom. The van der Waals surface area contributed by atoms with Crippen molar-refractivity contribution in [1.82, 2.24) is 0 Å². The highest BCUT2D eigenvalue weighted by atomic mass is 31.0. The molecule has 0 amide bonds. The molecule has 2 atom stereocenters. The Kier molecular flexibility index (Phi) is 17.9. The molecule has 0 bridgehead atoms. The first-order valence-corrected chi connectivity index (χ1v) is 22.7. The molecule has 8 aromatic carbocycles. The fourth-order valence-corrected chi connectivity index (χ4v) is 6.87. The summed E-state index contributed by atoms with van der Waals surface area (Å²) in [7, 11) is 5.39. The van der Waals surface area contributed by atoms with Gasteiger partial charge in [-0.2, -0.15) is 0 Å². The standard InChI is InChI=1S/C22H24N2.C16H19N.C12H12P2.C8H10/c1-15-5-9-19(10-6-15)23-21-13-17(3)18(4)14-22(21)24-20-11-7-16(2)8-12-20;1-11-5-7-15(8-6-11)17-16-10-13(3)12(2)9-14(16)4;13-11-5-1-9(2-6-11)10-3-7-12(14)8-4-10;1-7-3-5-8(2)6-4-7/h5-14,23-24H,1-4H3;5-10,17H,1-4H3;1-8H,13-14H2;3-6H,1-2H3. The van der Waals surface area contributed by atoms with E-state index < -0.39 is 0 Å². The number of benzene rings is 8. The molecule has 0 heterocycles. The molecule has 5 heteroatoms. The van der Waals surface area contributed by atoms with Crippen LogP contribution in [0, 0.1) is 69.2 Å². The molecule has 0 fully saturated rings. The highest BCUT2D eigenvalue weighted by molar-refractivity contribution is 7.27.